The van der Waals surface area contributed by atoms with Crippen molar-refractivity contribution in [3.05, 3.63) is 0 Å². The van der Waals surface area contributed by atoms with Gasteiger partial charge in [0.05, 0.1) is 7.11 Å². The lowest BCUT2D eigenvalue weighted by Crippen LogP contribution is -2.43. The monoisotopic (exact) mass is 332 g/mol. The van der Waals surface area contributed by atoms with Crippen LogP contribution in [0, 0.1) is 0 Å². The summed E-state index contributed by atoms with van der Waals surface area (Å²) in [5.74, 6) is -0.294. The van der Waals surface area contributed by atoms with Crippen molar-refractivity contribution in [2.45, 2.75) is 49.2 Å². The van der Waals surface area contributed by atoms with E-state index in [0.29, 0.717) is 15.9 Å². The van der Waals surface area contributed by atoms with E-state index in [1.54, 1.807) is 0 Å². The van der Waals surface area contributed by atoms with Crippen LogP contribution in [0.25, 0.3) is 0 Å². The van der Waals surface area contributed by atoms with E-state index in [1.807, 2.05) is 27.7 Å². The van der Waals surface area contributed by atoms with Crippen molar-refractivity contribution in [1.82, 2.24) is 15.5 Å². The molecule has 1 atom stereocenters. The van der Waals surface area contributed by atoms with Gasteiger partial charge in [-0.2, -0.15) is 0 Å². The fourth-order valence-electron chi connectivity index (χ4n) is 1.33. The number of esters is 1. The third kappa shape index (κ3) is 6.30. The number of carbonyl (C=O) groups is 2. The van der Waals surface area contributed by atoms with Crippen molar-refractivity contribution in [3.8, 4) is 0 Å². The van der Waals surface area contributed by atoms with Crippen LogP contribution in [0.5, 0.6) is 0 Å². The van der Waals surface area contributed by atoms with Crippen LogP contribution in [0.15, 0.2) is 4.34 Å². The third-order valence-electron chi connectivity index (χ3n) is 2.19. The summed E-state index contributed by atoms with van der Waals surface area (Å²) in [7, 11) is 1.36. The van der Waals surface area contributed by atoms with Crippen LogP contribution in [-0.4, -0.2) is 40.1 Å². The standard InChI is InChI=1S/C12H20N4O3S2/c1-6-7(8(17)19-5)20-11-16-15-10(21-11)13-9(18)14-12(2,3)4/h7H,6H2,1-5H3,(H2,13,14,15,18)/t7-/m0/s1. The van der Waals surface area contributed by atoms with Crippen molar-refractivity contribution in [1.29, 1.82) is 0 Å². The number of nitrogens with one attached hydrogen (secondary N) is 2. The molecule has 0 aliphatic rings. The molecule has 7 nitrogen and oxygen atoms in total. The second-order valence-corrected chi connectivity index (χ2v) is 7.67. The zero-order chi connectivity index (χ0) is 16.0. The second kappa shape index (κ2) is 7.60. The number of methoxy groups -OCH3 is 1. The van der Waals surface area contributed by atoms with E-state index in [4.69, 9.17) is 4.74 Å². The number of rotatable bonds is 5. The zero-order valence-electron chi connectivity index (χ0n) is 12.7. The van der Waals surface area contributed by atoms with Gasteiger partial charge in [0, 0.05) is 5.54 Å². The van der Waals surface area contributed by atoms with Crippen LogP contribution >= 0.6 is 23.1 Å². The number of hydrogen-bond donors (Lipinski definition) is 2. The summed E-state index contributed by atoms with van der Waals surface area (Å²) in [4.78, 5) is 23.2. The van der Waals surface area contributed by atoms with Crippen molar-refractivity contribution in [3.63, 3.8) is 0 Å². The van der Waals surface area contributed by atoms with Crippen LogP contribution in [0.1, 0.15) is 34.1 Å². The molecule has 0 bridgehead atoms. The summed E-state index contributed by atoms with van der Waals surface area (Å²) in [6, 6.07) is -0.338. The van der Waals surface area contributed by atoms with Gasteiger partial charge in [-0.1, -0.05) is 30.0 Å². The van der Waals surface area contributed by atoms with Crippen molar-refractivity contribution < 1.29 is 14.3 Å². The Kier molecular flexibility index (Phi) is 6.41. The largest absolute Gasteiger partial charge is 0.468 e. The minimum atomic E-state index is -0.338. The van der Waals surface area contributed by atoms with Gasteiger partial charge in [0.15, 0.2) is 4.34 Å². The van der Waals surface area contributed by atoms with Crippen LogP contribution < -0.4 is 10.6 Å². The highest BCUT2D eigenvalue weighted by molar-refractivity contribution is 8.02. The molecule has 0 aliphatic carbocycles. The smallest absolute Gasteiger partial charge is 0.321 e. The molecular weight excluding hydrogens is 312 g/mol. The Balaban J connectivity index is 2.61. The maximum absolute atomic E-state index is 11.7. The summed E-state index contributed by atoms with van der Waals surface area (Å²) < 4.78 is 5.33. The fraction of sp³-hybridized carbons (Fsp3) is 0.667. The molecule has 1 aromatic heterocycles. The molecule has 0 fully saturated rings. The van der Waals surface area contributed by atoms with Crippen molar-refractivity contribution >= 4 is 40.2 Å². The van der Waals surface area contributed by atoms with Gasteiger partial charge in [-0.15, -0.1) is 10.2 Å². The van der Waals surface area contributed by atoms with E-state index in [1.165, 1.54) is 30.2 Å². The van der Waals surface area contributed by atoms with Gasteiger partial charge in [0.2, 0.25) is 5.13 Å². The molecule has 2 N–H and O–H groups in total. The molecule has 1 heterocycles. The predicted octanol–water partition coefficient (Wildman–Crippen LogP) is 2.50. The Hall–Kier alpha value is -1.35. The molecule has 0 saturated heterocycles. The van der Waals surface area contributed by atoms with Crippen LogP contribution in [0.4, 0.5) is 9.93 Å². The van der Waals surface area contributed by atoms with Crippen LogP contribution in [0.2, 0.25) is 0 Å². The van der Waals surface area contributed by atoms with Crippen molar-refractivity contribution in [2.75, 3.05) is 12.4 Å². The zero-order valence-corrected chi connectivity index (χ0v) is 14.4. The lowest BCUT2D eigenvalue weighted by atomic mass is 10.1. The maximum Gasteiger partial charge on any atom is 0.321 e. The Bertz CT molecular complexity index is 499. The van der Waals surface area contributed by atoms with Gasteiger partial charge >= 0.3 is 12.0 Å². The molecule has 2 amide bonds. The molecule has 1 rings (SSSR count). The predicted molar refractivity (Wildman–Crippen MR) is 83.8 cm³/mol. The molecular formula is C12H20N4O3S2. The number of carbonyl (C=O) groups excluding carboxylic acids is 2. The molecule has 118 valence electrons. The maximum atomic E-state index is 11.7. The quantitative estimate of drug-likeness (QED) is 0.489. The summed E-state index contributed by atoms with van der Waals surface area (Å²) in [5.41, 5.74) is -0.329. The highest BCUT2D eigenvalue weighted by Gasteiger charge is 2.21. The van der Waals surface area contributed by atoms with Gasteiger partial charge in [0.1, 0.15) is 5.25 Å². The number of aromatic nitrogens is 2. The topological polar surface area (TPSA) is 93.2 Å². The summed E-state index contributed by atoms with van der Waals surface area (Å²) in [6.45, 7) is 7.55. The molecule has 21 heavy (non-hydrogen) atoms. The highest BCUT2D eigenvalue weighted by atomic mass is 32.2. The van der Waals surface area contributed by atoms with Gasteiger partial charge in [0.25, 0.3) is 0 Å². The van der Waals surface area contributed by atoms with Gasteiger partial charge in [-0.25, -0.2) is 4.79 Å². The Morgan fingerprint density at radius 2 is 2.05 bits per heavy atom. The molecule has 0 unspecified atom stereocenters. The van der Waals surface area contributed by atoms with E-state index in [-0.39, 0.29) is 22.8 Å². The van der Waals surface area contributed by atoms with Gasteiger partial charge in [-0.05, 0) is 27.2 Å². The van der Waals surface area contributed by atoms with Gasteiger partial charge in [-0.3, -0.25) is 10.1 Å². The molecule has 0 saturated carbocycles. The Morgan fingerprint density at radius 1 is 1.38 bits per heavy atom. The molecule has 9 heteroatoms. The molecule has 0 aliphatic heterocycles. The second-order valence-electron chi connectivity index (χ2n) is 5.24. The fourth-order valence-corrected chi connectivity index (χ4v) is 3.27. The van der Waals surface area contributed by atoms with Crippen LogP contribution in [-0.2, 0) is 9.53 Å². The lowest BCUT2D eigenvalue weighted by Gasteiger charge is -2.19. The first-order valence-corrected chi connectivity index (χ1v) is 8.12. The Labute approximate surface area is 132 Å². The number of urea groups is 1. The van der Waals surface area contributed by atoms with Gasteiger partial charge < -0.3 is 10.1 Å². The van der Waals surface area contributed by atoms with Crippen LogP contribution in [0.3, 0.4) is 0 Å². The number of hydrogen-bond acceptors (Lipinski definition) is 7. The summed E-state index contributed by atoms with van der Waals surface area (Å²) in [6.07, 6.45) is 0.629. The van der Waals surface area contributed by atoms with E-state index in [0.717, 1.165) is 0 Å². The number of thioether (sulfide) groups is 1. The average Bonchev–Trinajstić information content (AvgIpc) is 2.79. The molecule has 0 aromatic carbocycles. The summed E-state index contributed by atoms with van der Waals surface area (Å²) >= 11 is 2.50. The number of ether oxygens (including phenoxy) is 1. The number of amides is 2. The highest BCUT2D eigenvalue weighted by Crippen LogP contribution is 2.30. The number of nitrogens with zero attached hydrogens (tertiary/aromatic N) is 2. The minimum absolute atomic E-state index is 0.294. The van der Waals surface area contributed by atoms with E-state index >= 15 is 0 Å². The molecule has 1 aromatic rings. The lowest BCUT2D eigenvalue weighted by molar-refractivity contribution is -0.140. The van der Waals surface area contributed by atoms with E-state index < -0.39 is 0 Å². The normalized spacial score (nSPS) is 12.6. The molecule has 0 spiro atoms. The first-order chi connectivity index (χ1) is 9.75. The molecule has 0 radical (unpaired) electrons. The van der Waals surface area contributed by atoms with E-state index in [9.17, 15) is 9.59 Å². The minimum Gasteiger partial charge on any atom is -0.468 e. The first kappa shape index (κ1) is 17.7. The number of anilines is 1. The average molecular weight is 332 g/mol. The first-order valence-electron chi connectivity index (χ1n) is 6.42. The Morgan fingerprint density at radius 3 is 2.57 bits per heavy atom. The van der Waals surface area contributed by atoms with E-state index in [2.05, 4.69) is 20.8 Å². The SMILES string of the molecule is CC[C@H](Sc1nnc(NC(=O)NC(C)(C)C)s1)C(=O)OC. The van der Waals surface area contributed by atoms with Crippen molar-refractivity contribution in [2.24, 2.45) is 0 Å². The third-order valence-corrected chi connectivity index (χ3v) is 4.46. The summed E-state index contributed by atoms with van der Waals surface area (Å²) in [5, 5.41) is 13.3.